The van der Waals surface area contributed by atoms with Crippen molar-refractivity contribution in [3.63, 3.8) is 0 Å². The monoisotopic (exact) mass is 561 g/mol. The van der Waals surface area contributed by atoms with Crippen LogP contribution in [0.4, 0.5) is 24.7 Å². The van der Waals surface area contributed by atoms with Crippen LogP contribution in [0.25, 0.3) is 0 Å². The fourth-order valence-electron chi connectivity index (χ4n) is 4.09. The molecule has 0 atom stereocenters. The lowest BCUT2D eigenvalue weighted by molar-refractivity contribution is -0.141. The van der Waals surface area contributed by atoms with Crippen LogP contribution >= 0.6 is 11.8 Å². The van der Waals surface area contributed by atoms with Gasteiger partial charge in [0.15, 0.2) is 10.9 Å². The summed E-state index contributed by atoms with van der Waals surface area (Å²) in [5, 5.41) is 2.79. The molecule has 0 radical (unpaired) electrons. The zero-order valence-corrected chi connectivity index (χ0v) is 22.5. The summed E-state index contributed by atoms with van der Waals surface area (Å²) in [7, 11) is 3.16. The molecule has 1 N–H and O–H groups in total. The van der Waals surface area contributed by atoms with Crippen LogP contribution in [0.3, 0.4) is 0 Å². The van der Waals surface area contributed by atoms with Gasteiger partial charge in [0.2, 0.25) is 0 Å². The first-order valence-electron chi connectivity index (χ1n) is 12.4. The van der Waals surface area contributed by atoms with Gasteiger partial charge in [0.05, 0.1) is 13.7 Å². The van der Waals surface area contributed by atoms with E-state index in [1.54, 1.807) is 32.4 Å². The van der Waals surface area contributed by atoms with Crippen molar-refractivity contribution in [2.45, 2.75) is 17.1 Å². The molecule has 4 rings (SSSR count). The number of thioether (sulfide) groups is 1. The largest absolute Gasteiger partial charge is 0.497 e. The number of carbonyl (C=O) groups is 1. The number of hydrogen-bond acceptors (Lipinski definition) is 8. The normalized spacial score (nSPS) is 13.9. The number of alkyl halides is 3. The Morgan fingerprint density at radius 2 is 1.72 bits per heavy atom. The third-order valence-corrected chi connectivity index (χ3v) is 7.09. The van der Waals surface area contributed by atoms with Gasteiger partial charge in [-0.05, 0) is 42.0 Å². The SMILES string of the molecule is COCCNC(=O)c1cccc(CSc2nc(N3CCN(c4ccc(OC)cc4)CC3)cc(C(F)(F)F)n2)c1. The quantitative estimate of drug-likeness (QED) is 0.220. The molecule has 1 aliphatic heterocycles. The second kappa shape index (κ2) is 13.0. The Kier molecular flexibility index (Phi) is 9.52. The molecule has 3 aromatic rings. The summed E-state index contributed by atoms with van der Waals surface area (Å²) in [6.45, 7) is 3.09. The number of ether oxygens (including phenoxy) is 2. The zero-order valence-electron chi connectivity index (χ0n) is 21.7. The summed E-state index contributed by atoms with van der Waals surface area (Å²) in [5.41, 5.74) is 1.29. The number of halogens is 3. The second-order valence-corrected chi connectivity index (χ2v) is 9.74. The molecule has 1 amide bonds. The van der Waals surface area contributed by atoms with Gasteiger partial charge in [-0.25, -0.2) is 9.97 Å². The number of anilines is 2. The summed E-state index contributed by atoms with van der Waals surface area (Å²) in [6.07, 6.45) is -4.60. The molecule has 2 aromatic carbocycles. The minimum atomic E-state index is -4.60. The minimum Gasteiger partial charge on any atom is -0.497 e. The molecule has 0 aliphatic carbocycles. The van der Waals surface area contributed by atoms with E-state index in [2.05, 4.69) is 20.2 Å². The maximum Gasteiger partial charge on any atom is 0.433 e. The van der Waals surface area contributed by atoms with Crippen molar-refractivity contribution in [3.8, 4) is 5.75 Å². The number of nitrogens with zero attached hydrogens (tertiary/aromatic N) is 4. The lowest BCUT2D eigenvalue weighted by Gasteiger charge is -2.37. The Bertz CT molecular complexity index is 1250. The number of amides is 1. The molecule has 2 heterocycles. The summed E-state index contributed by atoms with van der Waals surface area (Å²) in [5.74, 6) is 1.08. The van der Waals surface area contributed by atoms with Crippen LogP contribution in [0.5, 0.6) is 5.75 Å². The molecule has 39 heavy (non-hydrogen) atoms. The van der Waals surface area contributed by atoms with Gasteiger partial charge in [-0.1, -0.05) is 23.9 Å². The number of rotatable bonds is 10. The molecule has 8 nitrogen and oxygen atoms in total. The summed E-state index contributed by atoms with van der Waals surface area (Å²) in [6, 6.07) is 15.7. The number of aromatic nitrogens is 2. The first kappa shape index (κ1) is 28.5. The molecule has 0 saturated carbocycles. The maximum atomic E-state index is 13.7. The number of hydrogen-bond donors (Lipinski definition) is 1. The van der Waals surface area contributed by atoms with Crippen LogP contribution in [0, 0.1) is 0 Å². The zero-order chi connectivity index (χ0) is 27.8. The first-order chi connectivity index (χ1) is 18.8. The summed E-state index contributed by atoms with van der Waals surface area (Å²) >= 11 is 1.10. The predicted molar refractivity (Wildman–Crippen MR) is 145 cm³/mol. The van der Waals surface area contributed by atoms with E-state index in [9.17, 15) is 18.0 Å². The lowest BCUT2D eigenvalue weighted by atomic mass is 10.1. The molecular formula is C27H30F3N5O3S. The van der Waals surface area contributed by atoms with Gasteiger partial charge < -0.3 is 24.6 Å². The van der Waals surface area contributed by atoms with E-state index < -0.39 is 11.9 Å². The molecule has 1 aromatic heterocycles. The molecule has 1 fully saturated rings. The van der Waals surface area contributed by atoms with Crippen LogP contribution in [0.15, 0.2) is 59.8 Å². The van der Waals surface area contributed by atoms with E-state index in [-0.39, 0.29) is 16.9 Å². The van der Waals surface area contributed by atoms with Crippen molar-refractivity contribution in [1.29, 1.82) is 0 Å². The van der Waals surface area contributed by atoms with Gasteiger partial charge >= 0.3 is 6.18 Å². The number of nitrogens with one attached hydrogen (secondary N) is 1. The molecule has 1 saturated heterocycles. The first-order valence-corrected chi connectivity index (χ1v) is 13.3. The van der Waals surface area contributed by atoms with E-state index in [1.807, 2.05) is 35.2 Å². The number of carbonyl (C=O) groups excluding carboxylic acids is 1. The Balaban J connectivity index is 1.44. The van der Waals surface area contributed by atoms with Crippen molar-refractivity contribution in [2.24, 2.45) is 0 Å². The average molecular weight is 562 g/mol. The van der Waals surface area contributed by atoms with Gasteiger partial charge in [-0.3, -0.25) is 4.79 Å². The van der Waals surface area contributed by atoms with Gasteiger partial charge in [0.25, 0.3) is 5.91 Å². The minimum absolute atomic E-state index is 0.0346. The number of benzene rings is 2. The maximum absolute atomic E-state index is 13.7. The summed E-state index contributed by atoms with van der Waals surface area (Å²) < 4.78 is 51.3. The van der Waals surface area contributed by atoms with E-state index in [0.29, 0.717) is 50.6 Å². The van der Waals surface area contributed by atoms with Gasteiger partial charge in [0, 0.05) is 62.9 Å². The highest BCUT2D eigenvalue weighted by Gasteiger charge is 2.34. The van der Waals surface area contributed by atoms with Gasteiger partial charge in [-0.15, -0.1) is 0 Å². The Hall–Kier alpha value is -3.51. The Morgan fingerprint density at radius 1 is 1.00 bits per heavy atom. The molecule has 12 heteroatoms. The second-order valence-electron chi connectivity index (χ2n) is 8.80. The number of methoxy groups -OCH3 is 2. The highest BCUT2D eigenvalue weighted by atomic mass is 32.2. The van der Waals surface area contributed by atoms with Crippen molar-refractivity contribution in [2.75, 3.05) is 63.4 Å². The van der Waals surface area contributed by atoms with Crippen molar-refractivity contribution in [3.05, 3.63) is 71.4 Å². The molecule has 0 spiro atoms. The van der Waals surface area contributed by atoms with Crippen molar-refractivity contribution >= 4 is 29.2 Å². The van der Waals surface area contributed by atoms with Crippen molar-refractivity contribution in [1.82, 2.24) is 15.3 Å². The van der Waals surface area contributed by atoms with E-state index in [4.69, 9.17) is 9.47 Å². The van der Waals surface area contributed by atoms with Crippen LogP contribution in [0.1, 0.15) is 21.6 Å². The van der Waals surface area contributed by atoms with E-state index in [0.717, 1.165) is 34.8 Å². The lowest BCUT2D eigenvalue weighted by Crippen LogP contribution is -2.47. The number of piperazine rings is 1. The van der Waals surface area contributed by atoms with E-state index >= 15 is 0 Å². The van der Waals surface area contributed by atoms with Gasteiger partial charge in [0.1, 0.15) is 11.6 Å². The molecule has 0 unspecified atom stereocenters. The van der Waals surface area contributed by atoms with Crippen LogP contribution in [-0.2, 0) is 16.7 Å². The van der Waals surface area contributed by atoms with E-state index in [1.165, 1.54) is 0 Å². The fraction of sp³-hybridized carbons (Fsp3) is 0.370. The average Bonchev–Trinajstić information content (AvgIpc) is 2.96. The van der Waals surface area contributed by atoms with Crippen molar-refractivity contribution < 1.29 is 27.4 Å². The van der Waals surface area contributed by atoms with Crippen LogP contribution in [-0.4, -0.2) is 69.4 Å². The van der Waals surface area contributed by atoms with Gasteiger partial charge in [-0.2, -0.15) is 13.2 Å². The third-order valence-electron chi connectivity index (χ3n) is 6.17. The standard InChI is InChI=1S/C27H30F3N5O3S/c1-37-15-10-31-25(36)20-5-3-4-19(16-20)18-39-26-32-23(27(28,29)30)17-24(33-26)35-13-11-34(12-14-35)21-6-8-22(38-2)9-7-21/h3-9,16-17H,10-15,18H2,1-2H3,(H,31,36). The molecule has 1 aliphatic rings. The van der Waals surface area contributed by atoms with Crippen LogP contribution < -0.4 is 19.9 Å². The molecule has 0 bridgehead atoms. The topological polar surface area (TPSA) is 79.8 Å². The smallest absolute Gasteiger partial charge is 0.433 e. The Labute approximate surface area is 229 Å². The highest BCUT2D eigenvalue weighted by molar-refractivity contribution is 7.98. The third kappa shape index (κ3) is 7.76. The Morgan fingerprint density at radius 3 is 2.38 bits per heavy atom. The predicted octanol–water partition coefficient (Wildman–Crippen LogP) is 4.50. The molecular weight excluding hydrogens is 531 g/mol. The molecule has 208 valence electrons. The van der Waals surface area contributed by atoms with Crippen LogP contribution in [0.2, 0.25) is 0 Å². The highest BCUT2D eigenvalue weighted by Crippen LogP contribution is 2.33. The fourth-order valence-corrected chi connectivity index (χ4v) is 4.89. The summed E-state index contributed by atoms with van der Waals surface area (Å²) in [4.78, 5) is 24.6.